The fraction of sp³-hybridized carbons (Fsp3) is 0.632. The van der Waals surface area contributed by atoms with E-state index in [9.17, 15) is 15.0 Å². The van der Waals surface area contributed by atoms with Gasteiger partial charge in [-0.2, -0.15) is 0 Å². The molecule has 0 aromatic heterocycles. The first-order chi connectivity index (χ1) is 12.5. The van der Waals surface area contributed by atoms with Gasteiger partial charge in [0, 0.05) is 50.1 Å². The van der Waals surface area contributed by atoms with E-state index in [2.05, 4.69) is 0 Å². The molecule has 0 spiro atoms. The Morgan fingerprint density at radius 1 is 1.31 bits per heavy atom. The monoisotopic (exact) mass is 363 g/mol. The van der Waals surface area contributed by atoms with Gasteiger partial charge in [0.15, 0.2) is 0 Å². The molecule has 7 nitrogen and oxygen atoms in total. The molecule has 1 aromatic rings. The lowest BCUT2D eigenvalue weighted by molar-refractivity contribution is -0.212. The van der Waals surface area contributed by atoms with E-state index in [4.69, 9.17) is 14.2 Å². The molecule has 4 atom stereocenters. The van der Waals surface area contributed by atoms with Gasteiger partial charge < -0.3 is 29.3 Å². The highest BCUT2D eigenvalue weighted by atomic mass is 16.5. The molecule has 0 unspecified atom stereocenters. The number of amides is 1. The summed E-state index contributed by atoms with van der Waals surface area (Å²) in [6.45, 7) is 2.39. The zero-order valence-electron chi connectivity index (χ0n) is 14.9. The second-order valence-corrected chi connectivity index (χ2v) is 7.39. The molecule has 0 saturated carbocycles. The Bertz CT molecular complexity index is 695. The third kappa shape index (κ3) is 2.74. The fourth-order valence-corrected chi connectivity index (χ4v) is 4.67. The van der Waals surface area contributed by atoms with Crippen LogP contribution in [-0.4, -0.2) is 72.7 Å². The molecule has 1 aromatic carbocycles. The van der Waals surface area contributed by atoms with Gasteiger partial charge in [-0.3, -0.25) is 4.79 Å². The first-order valence-electron chi connectivity index (χ1n) is 9.10. The SMILES string of the molecule is COc1ccc(C(=O)N2C[C@@H]3COCC[C@]3(O)[C@H]3COCC[C@H]32)c(O)c1. The van der Waals surface area contributed by atoms with Crippen LogP contribution < -0.4 is 4.74 Å². The summed E-state index contributed by atoms with van der Waals surface area (Å²) in [4.78, 5) is 15.0. The molecule has 1 amide bonds. The van der Waals surface area contributed by atoms with E-state index >= 15 is 0 Å². The van der Waals surface area contributed by atoms with E-state index in [1.807, 2.05) is 0 Å². The molecular formula is C19H25NO6. The molecule has 3 saturated heterocycles. The summed E-state index contributed by atoms with van der Waals surface area (Å²) >= 11 is 0. The Kier molecular flexibility index (Phi) is 4.54. The number of phenolic OH excluding ortho intramolecular Hbond substituents is 1. The number of methoxy groups -OCH3 is 1. The van der Waals surface area contributed by atoms with Crippen LogP contribution in [0.5, 0.6) is 11.5 Å². The minimum absolute atomic E-state index is 0.0984. The van der Waals surface area contributed by atoms with Gasteiger partial charge in [0.25, 0.3) is 5.91 Å². The van der Waals surface area contributed by atoms with Gasteiger partial charge in [-0.15, -0.1) is 0 Å². The second-order valence-electron chi connectivity index (χ2n) is 7.39. The highest BCUT2D eigenvalue weighted by Crippen LogP contribution is 2.45. The van der Waals surface area contributed by atoms with Crippen molar-refractivity contribution in [3.05, 3.63) is 23.8 Å². The number of phenols is 1. The van der Waals surface area contributed by atoms with Crippen molar-refractivity contribution in [1.82, 2.24) is 4.90 Å². The summed E-state index contributed by atoms with van der Waals surface area (Å²) in [6.07, 6.45) is 1.25. The van der Waals surface area contributed by atoms with Gasteiger partial charge in [0.05, 0.1) is 31.5 Å². The average molecular weight is 363 g/mol. The van der Waals surface area contributed by atoms with Gasteiger partial charge in [0.1, 0.15) is 11.5 Å². The molecule has 3 aliphatic heterocycles. The molecule has 26 heavy (non-hydrogen) atoms. The van der Waals surface area contributed by atoms with Crippen LogP contribution in [0.15, 0.2) is 18.2 Å². The van der Waals surface area contributed by atoms with Crippen LogP contribution in [-0.2, 0) is 9.47 Å². The van der Waals surface area contributed by atoms with Crippen molar-refractivity contribution in [3.8, 4) is 11.5 Å². The number of piperidine rings is 1. The normalized spacial score (nSPS) is 33.9. The molecule has 0 radical (unpaired) electrons. The maximum atomic E-state index is 13.2. The summed E-state index contributed by atoms with van der Waals surface area (Å²) in [7, 11) is 1.51. The van der Waals surface area contributed by atoms with Crippen molar-refractivity contribution in [2.45, 2.75) is 24.5 Å². The lowest BCUT2D eigenvalue weighted by atomic mass is 9.66. The first-order valence-corrected chi connectivity index (χ1v) is 9.10. The number of carbonyl (C=O) groups is 1. The molecular weight excluding hydrogens is 338 g/mol. The van der Waals surface area contributed by atoms with Gasteiger partial charge in [0.2, 0.25) is 0 Å². The zero-order valence-corrected chi connectivity index (χ0v) is 14.9. The molecule has 3 heterocycles. The summed E-state index contributed by atoms with van der Waals surface area (Å²) in [5.74, 6) is -0.114. The third-order valence-corrected chi connectivity index (χ3v) is 6.15. The Morgan fingerprint density at radius 2 is 2.12 bits per heavy atom. The number of hydrogen-bond donors (Lipinski definition) is 2. The zero-order chi connectivity index (χ0) is 18.3. The van der Waals surface area contributed by atoms with E-state index in [0.717, 1.165) is 0 Å². The Balaban J connectivity index is 1.66. The predicted octanol–water partition coefficient (Wildman–Crippen LogP) is 1.03. The van der Waals surface area contributed by atoms with Crippen LogP contribution in [0.2, 0.25) is 0 Å². The quantitative estimate of drug-likeness (QED) is 0.816. The Labute approximate surface area is 152 Å². The maximum Gasteiger partial charge on any atom is 0.257 e. The minimum atomic E-state index is -0.859. The Morgan fingerprint density at radius 3 is 2.88 bits per heavy atom. The van der Waals surface area contributed by atoms with Gasteiger partial charge in [-0.25, -0.2) is 0 Å². The first kappa shape index (κ1) is 17.6. The van der Waals surface area contributed by atoms with E-state index in [0.29, 0.717) is 51.6 Å². The van der Waals surface area contributed by atoms with Gasteiger partial charge >= 0.3 is 0 Å². The lowest BCUT2D eigenvalue weighted by Crippen LogP contribution is -2.68. The van der Waals surface area contributed by atoms with Crippen molar-refractivity contribution >= 4 is 5.91 Å². The standard InChI is InChI=1S/C19H25NO6/c1-24-13-2-3-14(17(21)8-13)18(22)20-9-12-10-26-7-5-19(12,23)15-11-25-6-4-16(15)20/h2-3,8,12,15-16,21,23H,4-7,9-11H2,1H3/t12-,15+,16-,19-/m1/s1. The van der Waals surface area contributed by atoms with E-state index in [1.54, 1.807) is 17.0 Å². The van der Waals surface area contributed by atoms with Crippen molar-refractivity contribution in [1.29, 1.82) is 0 Å². The Hall–Kier alpha value is -1.83. The third-order valence-electron chi connectivity index (χ3n) is 6.15. The van der Waals surface area contributed by atoms with Crippen LogP contribution in [0.4, 0.5) is 0 Å². The van der Waals surface area contributed by atoms with E-state index < -0.39 is 5.60 Å². The highest BCUT2D eigenvalue weighted by molar-refractivity contribution is 5.97. The predicted molar refractivity (Wildman–Crippen MR) is 92.3 cm³/mol. The van der Waals surface area contributed by atoms with Gasteiger partial charge in [-0.1, -0.05) is 0 Å². The molecule has 3 aliphatic rings. The summed E-state index contributed by atoms with van der Waals surface area (Å²) in [5, 5.41) is 21.6. The van der Waals surface area contributed by atoms with Crippen molar-refractivity contribution < 1.29 is 29.2 Å². The van der Waals surface area contributed by atoms with Crippen LogP contribution in [0.1, 0.15) is 23.2 Å². The van der Waals surface area contributed by atoms with Gasteiger partial charge in [-0.05, 0) is 18.6 Å². The number of aromatic hydroxyl groups is 1. The second kappa shape index (κ2) is 6.72. The maximum absolute atomic E-state index is 13.2. The smallest absolute Gasteiger partial charge is 0.257 e. The van der Waals surface area contributed by atoms with E-state index in [-0.39, 0.29) is 35.1 Å². The fourth-order valence-electron chi connectivity index (χ4n) is 4.67. The molecule has 0 bridgehead atoms. The number of carbonyl (C=O) groups excluding carboxylic acids is 1. The number of aliphatic hydroxyl groups is 1. The lowest BCUT2D eigenvalue weighted by Gasteiger charge is -2.57. The molecule has 142 valence electrons. The van der Waals surface area contributed by atoms with Crippen LogP contribution in [0.25, 0.3) is 0 Å². The average Bonchev–Trinajstić information content (AvgIpc) is 2.67. The minimum Gasteiger partial charge on any atom is -0.507 e. The summed E-state index contributed by atoms with van der Waals surface area (Å²) in [6, 6.07) is 4.59. The highest BCUT2D eigenvalue weighted by Gasteiger charge is 2.56. The number of fused-ring (bicyclic) bond motifs is 3. The number of rotatable bonds is 2. The number of hydrogen-bond acceptors (Lipinski definition) is 6. The van der Waals surface area contributed by atoms with Crippen molar-refractivity contribution in [2.75, 3.05) is 40.1 Å². The number of ether oxygens (including phenoxy) is 3. The molecule has 7 heteroatoms. The molecule has 3 fully saturated rings. The van der Waals surface area contributed by atoms with Crippen LogP contribution in [0, 0.1) is 11.8 Å². The van der Waals surface area contributed by atoms with Crippen LogP contribution in [0.3, 0.4) is 0 Å². The summed E-state index contributed by atoms with van der Waals surface area (Å²) in [5.41, 5.74) is -0.611. The molecule has 0 aliphatic carbocycles. The largest absolute Gasteiger partial charge is 0.507 e. The van der Waals surface area contributed by atoms with Crippen molar-refractivity contribution in [2.24, 2.45) is 11.8 Å². The van der Waals surface area contributed by atoms with Crippen LogP contribution >= 0.6 is 0 Å². The molecule has 4 rings (SSSR count). The number of likely N-dealkylation sites (tertiary alicyclic amines) is 1. The summed E-state index contributed by atoms with van der Waals surface area (Å²) < 4.78 is 16.3. The molecule has 2 N–H and O–H groups in total. The number of benzene rings is 1. The van der Waals surface area contributed by atoms with Crippen molar-refractivity contribution in [3.63, 3.8) is 0 Å². The van der Waals surface area contributed by atoms with E-state index in [1.165, 1.54) is 13.2 Å². The topological polar surface area (TPSA) is 88.5 Å². The number of nitrogens with zero attached hydrogens (tertiary/aromatic N) is 1.